The second kappa shape index (κ2) is 17.9. The first-order valence-corrected chi connectivity index (χ1v) is 9.26. The van der Waals surface area contributed by atoms with Crippen LogP contribution in [0.3, 0.4) is 0 Å². The highest BCUT2D eigenvalue weighted by Gasteiger charge is 2.03. The summed E-state index contributed by atoms with van der Waals surface area (Å²) in [6.45, 7) is 7.29. The maximum atomic E-state index is 5.60. The van der Waals surface area contributed by atoms with Crippen LogP contribution < -0.4 is 5.73 Å². The molecule has 0 rings (SSSR count). The van der Waals surface area contributed by atoms with Crippen molar-refractivity contribution in [2.45, 2.75) is 77.6 Å². The molecule has 2 N–H and O–H groups in total. The topological polar surface area (TPSA) is 38.5 Å². The highest BCUT2D eigenvalue weighted by molar-refractivity contribution is 4.59. The zero-order chi connectivity index (χ0) is 15.6. The largest absolute Gasteiger partial charge is 0.383 e. The Balaban J connectivity index is 3.35. The summed E-state index contributed by atoms with van der Waals surface area (Å²) in [7, 11) is 1.78. The smallest absolute Gasteiger partial charge is 0.0589 e. The highest BCUT2D eigenvalue weighted by atomic mass is 16.5. The van der Waals surface area contributed by atoms with Crippen molar-refractivity contribution in [1.82, 2.24) is 4.90 Å². The second-order valence-electron chi connectivity index (χ2n) is 6.16. The van der Waals surface area contributed by atoms with Crippen LogP contribution in [0.25, 0.3) is 0 Å². The van der Waals surface area contributed by atoms with E-state index in [1.807, 2.05) is 0 Å². The fraction of sp³-hybridized carbons (Fsp3) is 1.00. The second-order valence-corrected chi connectivity index (χ2v) is 6.16. The van der Waals surface area contributed by atoms with Crippen molar-refractivity contribution in [3.8, 4) is 0 Å². The minimum atomic E-state index is 0.793. The highest BCUT2D eigenvalue weighted by Crippen LogP contribution is 2.10. The summed E-state index contributed by atoms with van der Waals surface area (Å²) < 4.78 is 5.18. The van der Waals surface area contributed by atoms with Crippen molar-refractivity contribution >= 4 is 0 Å². The van der Waals surface area contributed by atoms with E-state index in [1.165, 1.54) is 70.8 Å². The van der Waals surface area contributed by atoms with Crippen LogP contribution in [0.2, 0.25) is 0 Å². The molecule has 0 saturated carbocycles. The van der Waals surface area contributed by atoms with Gasteiger partial charge in [0.2, 0.25) is 0 Å². The normalized spacial score (nSPS) is 11.4. The van der Waals surface area contributed by atoms with Crippen LogP contribution in [0.4, 0.5) is 0 Å². The SMILES string of the molecule is CCCCCCCCCCCCN(CCCN)CCOC. The summed E-state index contributed by atoms with van der Waals surface area (Å²) in [5.74, 6) is 0. The third-order valence-electron chi connectivity index (χ3n) is 4.12. The molecular formula is C18H40N2O. The summed E-state index contributed by atoms with van der Waals surface area (Å²) in [6, 6.07) is 0. The standard InChI is InChI=1S/C18H40N2O/c1-3-4-5-6-7-8-9-10-11-12-15-20(16-13-14-19)17-18-21-2/h3-19H2,1-2H3. The third kappa shape index (κ3) is 16.1. The monoisotopic (exact) mass is 300 g/mol. The lowest BCUT2D eigenvalue weighted by Gasteiger charge is -2.21. The molecule has 0 aliphatic heterocycles. The molecule has 0 bridgehead atoms. The van der Waals surface area contributed by atoms with Crippen LogP contribution in [-0.4, -0.2) is 44.8 Å². The van der Waals surface area contributed by atoms with Gasteiger partial charge in [0.1, 0.15) is 0 Å². The predicted molar refractivity (Wildman–Crippen MR) is 93.8 cm³/mol. The van der Waals surface area contributed by atoms with E-state index in [9.17, 15) is 0 Å². The molecule has 3 heteroatoms. The number of hydrogen-bond donors (Lipinski definition) is 1. The molecule has 0 atom stereocenters. The van der Waals surface area contributed by atoms with Gasteiger partial charge in [0.15, 0.2) is 0 Å². The Morgan fingerprint density at radius 3 is 1.76 bits per heavy atom. The number of hydrogen-bond acceptors (Lipinski definition) is 3. The first-order chi connectivity index (χ1) is 10.3. The number of nitrogens with two attached hydrogens (primary N) is 1. The van der Waals surface area contributed by atoms with Gasteiger partial charge in [-0.05, 0) is 32.5 Å². The lowest BCUT2D eigenvalue weighted by Crippen LogP contribution is -2.30. The zero-order valence-electron chi connectivity index (χ0n) is 14.7. The molecule has 0 aromatic rings. The van der Waals surface area contributed by atoms with Gasteiger partial charge < -0.3 is 15.4 Å². The molecule has 21 heavy (non-hydrogen) atoms. The van der Waals surface area contributed by atoms with E-state index in [4.69, 9.17) is 10.5 Å². The molecule has 0 fully saturated rings. The zero-order valence-corrected chi connectivity index (χ0v) is 14.7. The molecule has 0 radical (unpaired) electrons. The minimum Gasteiger partial charge on any atom is -0.383 e. The fourth-order valence-electron chi connectivity index (χ4n) is 2.69. The molecule has 128 valence electrons. The number of ether oxygens (including phenoxy) is 1. The van der Waals surface area contributed by atoms with E-state index in [0.717, 1.165) is 32.7 Å². The van der Waals surface area contributed by atoms with E-state index in [2.05, 4.69) is 11.8 Å². The Hall–Kier alpha value is -0.120. The lowest BCUT2D eigenvalue weighted by molar-refractivity contribution is 0.146. The molecule has 3 nitrogen and oxygen atoms in total. The van der Waals surface area contributed by atoms with E-state index >= 15 is 0 Å². The van der Waals surface area contributed by atoms with Gasteiger partial charge in [-0.2, -0.15) is 0 Å². The summed E-state index contributed by atoms with van der Waals surface area (Å²) in [5, 5.41) is 0. The van der Waals surface area contributed by atoms with Crippen LogP contribution in [0.1, 0.15) is 77.6 Å². The summed E-state index contributed by atoms with van der Waals surface area (Å²) >= 11 is 0. The molecule has 0 unspecified atom stereocenters. The number of nitrogens with zero attached hydrogens (tertiary/aromatic N) is 1. The minimum absolute atomic E-state index is 0.793. The molecule has 0 aromatic carbocycles. The predicted octanol–water partition coefficient (Wildman–Crippen LogP) is 4.20. The molecule has 0 spiro atoms. The van der Waals surface area contributed by atoms with Gasteiger partial charge in [0.05, 0.1) is 6.61 Å². The van der Waals surface area contributed by atoms with Crippen LogP contribution in [-0.2, 0) is 4.74 Å². The van der Waals surface area contributed by atoms with Crippen LogP contribution in [0, 0.1) is 0 Å². The Kier molecular flexibility index (Phi) is 17.8. The Bertz CT molecular complexity index is 180. The first kappa shape index (κ1) is 20.9. The van der Waals surface area contributed by atoms with Gasteiger partial charge in [-0.1, -0.05) is 64.7 Å². The lowest BCUT2D eigenvalue weighted by atomic mass is 10.1. The maximum Gasteiger partial charge on any atom is 0.0589 e. The third-order valence-corrected chi connectivity index (χ3v) is 4.12. The van der Waals surface area contributed by atoms with E-state index in [-0.39, 0.29) is 0 Å². The first-order valence-electron chi connectivity index (χ1n) is 9.26. The van der Waals surface area contributed by atoms with Gasteiger partial charge in [-0.15, -0.1) is 0 Å². The van der Waals surface area contributed by atoms with E-state index in [1.54, 1.807) is 7.11 Å². The van der Waals surface area contributed by atoms with E-state index in [0.29, 0.717) is 0 Å². The Morgan fingerprint density at radius 1 is 0.714 bits per heavy atom. The van der Waals surface area contributed by atoms with Crippen molar-refractivity contribution < 1.29 is 4.74 Å². The summed E-state index contributed by atoms with van der Waals surface area (Å²) in [5.41, 5.74) is 5.60. The van der Waals surface area contributed by atoms with Crippen LogP contribution >= 0.6 is 0 Å². The van der Waals surface area contributed by atoms with Crippen molar-refractivity contribution in [1.29, 1.82) is 0 Å². The number of methoxy groups -OCH3 is 1. The van der Waals surface area contributed by atoms with Crippen molar-refractivity contribution in [3.05, 3.63) is 0 Å². The van der Waals surface area contributed by atoms with Gasteiger partial charge in [-0.25, -0.2) is 0 Å². The van der Waals surface area contributed by atoms with E-state index < -0.39 is 0 Å². The molecule has 0 amide bonds. The Morgan fingerprint density at radius 2 is 1.24 bits per heavy atom. The Labute approximate surface area is 133 Å². The van der Waals surface area contributed by atoms with Crippen molar-refractivity contribution in [2.75, 3.05) is 39.9 Å². The number of unbranched alkanes of at least 4 members (excludes halogenated alkanes) is 9. The quantitative estimate of drug-likeness (QED) is 0.409. The van der Waals surface area contributed by atoms with Crippen molar-refractivity contribution in [3.63, 3.8) is 0 Å². The number of rotatable bonds is 17. The molecule has 0 aromatic heterocycles. The molecule has 0 heterocycles. The fourth-order valence-corrected chi connectivity index (χ4v) is 2.69. The van der Waals surface area contributed by atoms with Crippen LogP contribution in [0.5, 0.6) is 0 Å². The van der Waals surface area contributed by atoms with Gasteiger partial charge in [0.25, 0.3) is 0 Å². The molecule has 0 saturated heterocycles. The van der Waals surface area contributed by atoms with Crippen molar-refractivity contribution in [2.24, 2.45) is 5.73 Å². The van der Waals surface area contributed by atoms with Gasteiger partial charge in [0, 0.05) is 13.7 Å². The summed E-state index contributed by atoms with van der Waals surface area (Å²) in [6.07, 6.45) is 15.1. The molecule has 0 aliphatic rings. The summed E-state index contributed by atoms with van der Waals surface area (Å²) in [4.78, 5) is 2.50. The van der Waals surface area contributed by atoms with Crippen LogP contribution in [0.15, 0.2) is 0 Å². The average Bonchev–Trinajstić information content (AvgIpc) is 2.51. The molecule has 0 aliphatic carbocycles. The average molecular weight is 301 g/mol. The molecular weight excluding hydrogens is 260 g/mol. The van der Waals surface area contributed by atoms with Gasteiger partial charge >= 0.3 is 0 Å². The maximum absolute atomic E-state index is 5.60. The van der Waals surface area contributed by atoms with Gasteiger partial charge in [-0.3, -0.25) is 0 Å².